The lowest BCUT2D eigenvalue weighted by Gasteiger charge is -2.15. The van der Waals surface area contributed by atoms with Crippen molar-refractivity contribution in [2.24, 2.45) is 0 Å². The molecule has 0 spiro atoms. The molecule has 1 atom stereocenters. The van der Waals surface area contributed by atoms with Crippen molar-refractivity contribution in [1.82, 2.24) is 15.3 Å². The number of methoxy groups -OCH3 is 1. The van der Waals surface area contributed by atoms with Crippen LogP contribution in [0.25, 0.3) is 0 Å². The van der Waals surface area contributed by atoms with Crippen LogP contribution >= 0.6 is 0 Å². The lowest BCUT2D eigenvalue weighted by Crippen LogP contribution is -2.19. The van der Waals surface area contributed by atoms with E-state index in [9.17, 15) is 0 Å². The van der Waals surface area contributed by atoms with Gasteiger partial charge in [-0.15, -0.1) is 0 Å². The molecule has 4 heteroatoms. The average Bonchev–Trinajstić information content (AvgIpc) is 2.48. The Morgan fingerprint density at radius 1 is 1.24 bits per heavy atom. The quantitative estimate of drug-likeness (QED) is 0.886. The third-order valence-electron chi connectivity index (χ3n) is 3.57. The van der Waals surface area contributed by atoms with Crippen molar-refractivity contribution in [2.45, 2.75) is 33.2 Å². The van der Waals surface area contributed by atoms with Crippen LogP contribution in [0.3, 0.4) is 0 Å². The highest BCUT2D eigenvalue weighted by Crippen LogP contribution is 2.17. The number of rotatable bonds is 6. The SMILES string of the molecule is CCNC(C)c1cnc(Cc2ccc(OC)cc2)nc1C. The molecular weight excluding hydrogens is 262 g/mol. The maximum atomic E-state index is 5.17. The number of nitrogens with one attached hydrogen (secondary N) is 1. The van der Waals surface area contributed by atoms with Crippen LogP contribution in [0.5, 0.6) is 5.75 Å². The van der Waals surface area contributed by atoms with Crippen molar-refractivity contribution in [3.63, 3.8) is 0 Å². The van der Waals surface area contributed by atoms with Gasteiger partial charge in [-0.3, -0.25) is 0 Å². The van der Waals surface area contributed by atoms with Gasteiger partial charge < -0.3 is 10.1 Å². The summed E-state index contributed by atoms with van der Waals surface area (Å²) in [6.45, 7) is 7.22. The monoisotopic (exact) mass is 285 g/mol. The van der Waals surface area contributed by atoms with E-state index in [2.05, 4.69) is 29.1 Å². The minimum atomic E-state index is 0.282. The fraction of sp³-hybridized carbons (Fsp3) is 0.412. The molecule has 112 valence electrons. The lowest BCUT2D eigenvalue weighted by molar-refractivity contribution is 0.414. The smallest absolute Gasteiger partial charge is 0.132 e. The van der Waals surface area contributed by atoms with Gasteiger partial charge in [-0.05, 0) is 38.1 Å². The van der Waals surface area contributed by atoms with Crippen molar-refractivity contribution in [3.05, 3.63) is 53.1 Å². The van der Waals surface area contributed by atoms with Crippen LogP contribution in [0.4, 0.5) is 0 Å². The maximum Gasteiger partial charge on any atom is 0.132 e. The number of nitrogens with zero attached hydrogens (tertiary/aromatic N) is 2. The van der Waals surface area contributed by atoms with Crippen LogP contribution < -0.4 is 10.1 Å². The van der Waals surface area contributed by atoms with E-state index in [1.54, 1.807) is 7.11 Å². The molecule has 2 rings (SSSR count). The van der Waals surface area contributed by atoms with Crippen LogP contribution in [0.1, 0.15) is 42.5 Å². The number of hydrogen-bond donors (Lipinski definition) is 1. The molecule has 21 heavy (non-hydrogen) atoms. The van der Waals surface area contributed by atoms with Crippen LogP contribution in [-0.4, -0.2) is 23.6 Å². The Kier molecular flexibility index (Phi) is 5.28. The molecule has 1 aromatic carbocycles. The third kappa shape index (κ3) is 4.02. The van der Waals surface area contributed by atoms with Crippen molar-refractivity contribution in [2.75, 3.05) is 13.7 Å². The molecule has 0 bridgehead atoms. The Morgan fingerprint density at radius 3 is 2.52 bits per heavy atom. The first-order chi connectivity index (χ1) is 10.1. The van der Waals surface area contributed by atoms with E-state index < -0.39 is 0 Å². The summed E-state index contributed by atoms with van der Waals surface area (Å²) in [5.41, 5.74) is 3.39. The summed E-state index contributed by atoms with van der Waals surface area (Å²) in [5, 5.41) is 3.39. The molecule has 0 saturated carbocycles. The van der Waals surface area contributed by atoms with Crippen LogP contribution in [-0.2, 0) is 6.42 Å². The van der Waals surface area contributed by atoms with Gasteiger partial charge in [0.2, 0.25) is 0 Å². The van der Waals surface area contributed by atoms with E-state index in [1.807, 2.05) is 37.4 Å². The first-order valence-corrected chi connectivity index (χ1v) is 7.32. The second-order valence-corrected chi connectivity index (χ2v) is 5.13. The molecule has 1 aromatic heterocycles. The van der Waals surface area contributed by atoms with E-state index in [-0.39, 0.29) is 6.04 Å². The van der Waals surface area contributed by atoms with Crippen molar-refractivity contribution < 1.29 is 4.74 Å². The highest BCUT2D eigenvalue weighted by Gasteiger charge is 2.10. The van der Waals surface area contributed by atoms with Crippen LogP contribution in [0.2, 0.25) is 0 Å². The first-order valence-electron chi connectivity index (χ1n) is 7.32. The zero-order valence-corrected chi connectivity index (χ0v) is 13.2. The minimum absolute atomic E-state index is 0.282. The molecule has 4 nitrogen and oxygen atoms in total. The zero-order valence-electron chi connectivity index (χ0n) is 13.2. The molecule has 0 radical (unpaired) electrons. The highest BCUT2D eigenvalue weighted by atomic mass is 16.5. The van der Waals surface area contributed by atoms with Crippen molar-refractivity contribution in [1.29, 1.82) is 0 Å². The van der Waals surface area contributed by atoms with Gasteiger partial charge in [-0.2, -0.15) is 0 Å². The van der Waals surface area contributed by atoms with Crippen LogP contribution in [0, 0.1) is 6.92 Å². The second-order valence-electron chi connectivity index (χ2n) is 5.13. The Balaban J connectivity index is 2.12. The molecule has 1 unspecified atom stereocenters. The van der Waals surface area contributed by atoms with Gasteiger partial charge in [0.1, 0.15) is 11.6 Å². The Bertz CT molecular complexity index is 581. The summed E-state index contributed by atoms with van der Waals surface area (Å²) in [4.78, 5) is 9.13. The van der Waals surface area contributed by atoms with Gasteiger partial charge in [0.05, 0.1) is 7.11 Å². The lowest BCUT2D eigenvalue weighted by atomic mass is 10.1. The molecule has 1 heterocycles. The molecule has 0 amide bonds. The molecule has 2 aromatic rings. The fourth-order valence-electron chi connectivity index (χ4n) is 2.38. The summed E-state index contributed by atoms with van der Waals surface area (Å²) < 4.78 is 5.17. The van der Waals surface area contributed by atoms with Crippen molar-refractivity contribution in [3.8, 4) is 5.75 Å². The Hall–Kier alpha value is -1.94. The van der Waals surface area contributed by atoms with Gasteiger partial charge >= 0.3 is 0 Å². The van der Waals surface area contributed by atoms with Gasteiger partial charge in [0, 0.05) is 29.9 Å². The predicted octanol–water partition coefficient (Wildman–Crippen LogP) is 3.05. The Morgan fingerprint density at radius 2 is 1.95 bits per heavy atom. The summed E-state index contributed by atoms with van der Waals surface area (Å²) >= 11 is 0. The Labute approximate surface area is 126 Å². The normalized spacial score (nSPS) is 12.2. The average molecular weight is 285 g/mol. The minimum Gasteiger partial charge on any atom is -0.497 e. The molecule has 0 aliphatic carbocycles. The summed E-state index contributed by atoms with van der Waals surface area (Å²) in [7, 11) is 1.67. The zero-order chi connectivity index (χ0) is 15.2. The second kappa shape index (κ2) is 7.18. The number of benzene rings is 1. The van der Waals surface area contributed by atoms with Gasteiger partial charge in [0.15, 0.2) is 0 Å². The largest absolute Gasteiger partial charge is 0.497 e. The number of aromatic nitrogens is 2. The van der Waals surface area contributed by atoms with E-state index in [4.69, 9.17) is 4.74 Å². The van der Waals surface area contributed by atoms with E-state index in [1.165, 1.54) is 5.56 Å². The van der Waals surface area contributed by atoms with Crippen molar-refractivity contribution >= 4 is 0 Å². The number of aryl methyl sites for hydroxylation is 1. The standard InChI is InChI=1S/C17H23N3O/c1-5-18-12(2)16-11-19-17(20-13(16)3)10-14-6-8-15(21-4)9-7-14/h6-9,11-12,18H,5,10H2,1-4H3. The molecule has 0 saturated heterocycles. The molecule has 0 aliphatic heterocycles. The summed E-state index contributed by atoms with van der Waals surface area (Å²) in [6.07, 6.45) is 2.68. The summed E-state index contributed by atoms with van der Waals surface area (Å²) in [5.74, 6) is 1.72. The fourth-order valence-corrected chi connectivity index (χ4v) is 2.38. The molecule has 0 fully saturated rings. The molecular formula is C17H23N3O. The topological polar surface area (TPSA) is 47.0 Å². The van der Waals surface area contributed by atoms with Gasteiger partial charge in [0.25, 0.3) is 0 Å². The summed E-state index contributed by atoms with van der Waals surface area (Å²) in [6, 6.07) is 8.30. The van der Waals surface area contributed by atoms with E-state index in [0.717, 1.165) is 35.8 Å². The van der Waals surface area contributed by atoms with Gasteiger partial charge in [-0.1, -0.05) is 19.1 Å². The number of hydrogen-bond acceptors (Lipinski definition) is 4. The van der Waals surface area contributed by atoms with E-state index >= 15 is 0 Å². The predicted molar refractivity (Wildman–Crippen MR) is 84.7 cm³/mol. The molecule has 0 aliphatic rings. The van der Waals surface area contributed by atoms with Crippen LogP contribution in [0.15, 0.2) is 30.5 Å². The van der Waals surface area contributed by atoms with E-state index in [0.29, 0.717) is 0 Å². The highest BCUT2D eigenvalue weighted by molar-refractivity contribution is 5.29. The van der Waals surface area contributed by atoms with Gasteiger partial charge in [-0.25, -0.2) is 9.97 Å². The number of ether oxygens (including phenoxy) is 1. The maximum absolute atomic E-state index is 5.17. The first kappa shape index (κ1) is 15.4. The third-order valence-corrected chi connectivity index (χ3v) is 3.57. The molecule has 1 N–H and O–H groups in total.